The van der Waals surface area contributed by atoms with E-state index in [4.69, 9.17) is 22.9 Å². The Labute approximate surface area is 267 Å². The predicted octanol–water partition coefficient (Wildman–Crippen LogP) is 0.264. The Morgan fingerprint density at radius 2 is 0.978 bits per heavy atom. The van der Waals surface area contributed by atoms with Crippen LogP contribution in [0.2, 0.25) is 0 Å². The Balaban J connectivity index is 1.53. The van der Waals surface area contributed by atoms with E-state index in [0.717, 1.165) is 25.7 Å². The molecule has 3 rings (SSSR count). The summed E-state index contributed by atoms with van der Waals surface area (Å²) >= 11 is 0. The van der Waals surface area contributed by atoms with Crippen molar-refractivity contribution in [3.05, 3.63) is 58.7 Å². The molecule has 0 aromatic heterocycles. The van der Waals surface area contributed by atoms with Crippen LogP contribution in [0.3, 0.4) is 0 Å². The highest BCUT2D eigenvalue weighted by Gasteiger charge is 2.30. The van der Waals surface area contributed by atoms with Crippen molar-refractivity contribution in [3.63, 3.8) is 0 Å². The molecule has 1 aliphatic carbocycles. The molecule has 14 heteroatoms. The number of hydrogen-bond acceptors (Lipinski definition) is 10. The number of anilines is 2. The number of carbonyl (C=O) groups is 6. The number of unbranched alkanes of at least 4 members (excludes halogenated alkanes) is 2. The maximum atomic E-state index is 13.3. The third-order valence-electron chi connectivity index (χ3n) is 7.50. The monoisotopic (exact) mass is 636 g/mol. The molecule has 0 heterocycles. The molecular formula is C32H44N8O6. The van der Waals surface area contributed by atoms with Gasteiger partial charge in [-0.2, -0.15) is 0 Å². The Hall–Kier alpha value is -4.50. The van der Waals surface area contributed by atoms with Gasteiger partial charge in [0, 0.05) is 59.6 Å². The lowest BCUT2D eigenvalue weighted by Gasteiger charge is -2.19. The van der Waals surface area contributed by atoms with Crippen LogP contribution in [0, 0.1) is 0 Å². The number of ketones is 2. The average Bonchev–Trinajstić information content (AvgIpc) is 3.03. The van der Waals surface area contributed by atoms with Gasteiger partial charge in [0.25, 0.3) is 0 Å². The van der Waals surface area contributed by atoms with Gasteiger partial charge in [-0.3, -0.25) is 28.8 Å². The zero-order valence-corrected chi connectivity index (χ0v) is 25.9. The van der Waals surface area contributed by atoms with Crippen molar-refractivity contribution in [1.29, 1.82) is 0 Å². The van der Waals surface area contributed by atoms with Crippen LogP contribution in [0.4, 0.5) is 11.4 Å². The van der Waals surface area contributed by atoms with E-state index in [-0.39, 0.29) is 60.0 Å². The Kier molecular flexibility index (Phi) is 14.0. The molecule has 0 radical (unpaired) electrons. The van der Waals surface area contributed by atoms with Crippen LogP contribution in [-0.2, 0) is 19.2 Å². The van der Waals surface area contributed by atoms with Gasteiger partial charge in [-0.05, 0) is 75.2 Å². The summed E-state index contributed by atoms with van der Waals surface area (Å²) in [4.78, 5) is 75.7. The highest BCUT2D eigenvalue weighted by Crippen LogP contribution is 2.31. The van der Waals surface area contributed by atoms with E-state index in [1.165, 1.54) is 36.4 Å². The highest BCUT2D eigenvalue weighted by molar-refractivity contribution is 6.29. The van der Waals surface area contributed by atoms with Crippen molar-refractivity contribution in [2.24, 2.45) is 22.9 Å². The minimum absolute atomic E-state index is 0.0162. The van der Waals surface area contributed by atoms with Crippen LogP contribution < -0.4 is 44.2 Å². The number of amides is 4. The van der Waals surface area contributed by atoms with Gasteiger partial charge in [0.05, 0.1) is 12.1 Å². The van der Waals surface area contributed by atoms with E-state index in [0.29, 0.717) is 37.3 Å². The van der Waals surface area contributed by atoms with Crippen molar-refractivity contribution < 1.29 is 28.8 Å². The van der Waals surface area contributed by atoms with E-state index >= 15 is 0 Å². The first-order valence-electron chi connectivity index (χ1n) is 15.5. The Morgan fingerprint density at radius 1 is 0.587 bits per heavy atom. The Bertz CT molecular complexity index is 1340. The Morgan fingerprint density at radius 3 is 1.35 bits per heavy atom. The number of hydrogen-bond donors (Lipinski definition) is 8. The minimum atomic E-state index is -0.671. The number of benzene rings is 2. The molecule has 0 bridgehead atoms. The van der Waals surface area contributed by atoms with Gasteiger partial charge in [0.1, 0.15) is 0 Å². The molecular weight excluding hydrogens is 592 g/mol. The lowest BCUT2D eigenvalue weighted by Crippen LogP contribution is -2.41. The fourth-order valence-corrected chi connectivity index (χ4v) is 4.89. The lowest BCUT2D eigenvalue weighted by atomic mass is 9.83. The second-order valence-electron chi connectivity index (χ2n) is 11.1. The summed E-state index contributed by atoms with van der Waals surface area (Å²) in [6.45, 7) is 1.23. The molecule has 248 valence electrons. The number of nitrogens with one attached hydrogen (secondary N) is 4. The first-order valence-corrected chi connectivity index (χ1v) is 15.5. The van der Waals surface area contributed by atoms with E-state index in [9.17, 15) is 28.8 Å². The highest BCUT2D eigenvalue weighted by atomic mass is 16.2. The van der Waals surface area contributed by atoms with Crippen LogP contribution in [0.5, 0.6) is 0 Å². The fraction of sp³-hybridized carbons (Fsp3) is 0.438. The second kappa shape index (κ2) is 17.8. The van der Waals surface area contributed by atoms with E-state index in [2.05, 4.69) is 21.3 Å². The normalized spacial score (nSPS) is 13.2. The third-order valence-corrected chi connectivity index (χ3v) is 7.50. The quantitative estimate of drug-likeness (QED) is 0.0884. The summed E-state index contributed by atoms with van der Waals surface area (Å²) in [5, 5.41) is 10.6. The van der Waals surface area contributed by atoms with Gasteiger partial charge < -0.3 is 44.2 Å². The molecule has 0 fully saturated rings. The zero-order chi connectivity index (χ0) is 33.6. The van der Waals surface area contributed by atoms with Crippen molar-refractivity contribution >= 4 is 46.6 Å². The van der Waals surface area contributed by atoms with Gasteiger partial charge in [-0.25, -0.2) is 0 Å². The topological polar surface area (TPSA) is 255 Å². The zero-order valence-electron chi connectivity index (χ0n) is 25.9. The molecule has 0 saturated heterocycles. The van der Waals surface area contributed by atoms with E-state index in [1.807, 2.05) is 0 Å². The van der Waals surface area contributed by atoms with Gasteiger partial charge in [0.2, 0.25) is 23.6 Å². The molecule has 2 atom stereocenters. The predicted molar refractivity (Wildman–Crippen MR) is 174 cm³/mol. The molecule has 2 aromatic rings. The summed E-state index contributed by atoms with van der Waals surface area (Å²) in [6.07, 6.45) is 4.01. The average molecular weight is 637 g/mol. The largest absolute Gasteiger partial charge is 0.354 e. The van der Waals surface area contributed by atoms with Crippen molar-refractivity contribution in [3.8, 4) is 0 Å². The van der Waals surface area contributed by atoms with E-state index in [1.54, 1.807) is 0 Å². The molecule has 12 N–H and O–H groups in total. The number of carbonyl (C=O) groups excluding carboxylic acids is 6. The van der Waals surface area contributed by atoms with Crippen LogP contribution >= 0.6 is 0 Å². The number of fused-ring (bicyclic) bond motifs is 2. The van der Waals surface area contributed by atoms with Crippen molar-refractivity contribution in [2.75, 3.05) is 36.8 Å². The van der Waals surface area contributed by atoms with Crippen molar-refractivity contribution in [1.82, 2.24) is 10.6 Å². The van der Waals surface area contributed by atoms with Crippen LogP contribution in [0.1, 0.15) is 83.2 Å². The maximum absolute atomic E-state index is 13.3. The SMILES string of the molecule is NCCCCC(N)C(=O)NCCC(=O)Nc1ccc2c(c1)C(=O)c1ccc(NC(=O)CCNC(=O)C(N)CCCCN)cc1C2=O. The first-order chi connectivity index (χ1) is 22.0. The van der Waals surface area contributed by atoms with Crippen LogP contribution in [-0.4, -0.2) is 73.5 Å². The van der Waals surface area contributed by atoms with Gasteiger partial charge in [-0.1, -0.05) is 12.8 Å². The second-order valence-corrected chi connectivity index (χ2v) is 11.1. The van der Waals surface area contributed by atoms with Crippen molar-refractivity contribution in [2.45, 2.75) is 63.5 Å². The van der Waals surface area contributed by atoms with Gasteiger partial charge >= 0.3 is 0 Å². The summed E-state index contributed by atoms with van der Waals surface area (Å²) in [5.74, 6) is -2.28. The minimum Gasteiger partial charge on any atom is -0.354 e. The molecule has 0 saturated carbocycles. The molecule has 2 aromatic carbocycles. The summed E-state index contributed by atoms with van der Waals surface area (Å²) < 4.78 is 0. The standard InChI is InChI=1S/C32H44N8O6/c33-13-3-1-5-25(35)31(45)37-15-11-27(41)39-19-7-9-21-23(17-19)29(43)22-10-8-20(18-24(22)30(21)44)40-28(42)12-16-38-32(46)26(36)6-2-4-14-34/h7-10,17-18,25-26H,1-6,11-16,33-36H2,(H,37,45)(H,38,46)(H,39,41)(H,40,42). The lowest BCUT2D eigenvalue weighted by molar-refractivity contribution is -0.123. The summed E-state index contributed by atoms with van der Waals surface area (Å²) in [6, 6.07) is 7.50. The molecule has 4 amide bonds. The first kappa shape index (κ1) is 36.0. The smallest absolute Gasteiger partial charge is 0.236 e. The maximum Gasteiger partial charge on any atom is 0.236 e. The summed E-state index contributed by atoms with van der Waals surface area (Å²) in [5.41, 5.74) is 23.9. The molecule has 0 spiro atoms. The molecule has 1 aliphatic rings. The molecule has 0 aliphatic heterocycles. The third kappa shape index (κ3) is 10.3. The molecule has 14 nitrogen and oxygen atoms in total. The van der Waals surface area contributed by atoms with E-state index < -0.39 is 35.5 Å². The van der Waals surface area contributed by atoms with Crippen LogP contribution in [0.25, 0.3) is 0 Å². The molecule has 46 heavy (non-hydrogen) atoms. The number of nitrogens with two attached hydrogens (primary N) is 4. The summed E-state index contributed by atoms with van der Waals surface area (Å²) in [7, 11) is 0. The van der Waals surface area contributed by atoms with Crippen LogP contribution in [0.15, 0.2) is 36.4 Å². The number of rotatable bonds is 18. The molecule has 2 unspecified atom stereocenters. The van der Waals surface area contributed by atoms with Gasteiger partial charge in [0.15, 0.2) is 11.6 Å². The fourth-order valence-electron chi connectivity index (χ4n) is 4.89. The van der Waals surface area contributed by atoms with Gasteiger partial charge in [-0.15, -0.1) is 0 Å².